The van der Waals surface area contributed by atoms with Gasteiger partial charge in [-0.05, 0) is 35.4 Å². The predicted molar refractivity (Wildman–Crippen MR) is 92.3 cm³/mol. The molecular weight excluding hydrogens is 399 g/mol. The number of nitrogens with two attached hydrogens (primary N) is 1. The Bertz CT molecular complexity index is 808. The molecule has 0 aliphatic carbocycles. The van der Waals surface area contributed by atoms with Crippen LogP contribution in [-0.4, -0.2) is 30.8 Å². The number of guanidine groups is 1. The molecule has 0 aromatic heterocycles. The third-order valence-electron chi connectivity index (χ3n) is 4.03. The van der Waals surface area contributed by atoms with Gasteiger partial charge in [-0.15, -0.1) is 13.2 Å². The molecule has 0 bridgehead atoms. The third-order valence-corrected chi connectivity index (χ3v) is 4.52. The first-order chi connectivity index (χ1) is 11.7. The Morgan fingerprint density at radius 1 is 1.16 bits per heavy atom. The maximum atomic E-state index is 12.4. The summed E-state index contributed by atoms with van der Waals surface area (Å²) in [5, 5.41) is 0. The van der Waals surface area contributed by atoms with Crippen molar-refractivity contribution in [2.75, 3.05) is 13.6 Å². The Kier molecular flexibility index (Phi) is 4.40. The van der Waals surface area contributed by atoms with E-state index in [1.54, 1.807) is 17.0 Å². The molecule has 0 amide bonds. The number of hydrogen-bond donors (Lipinski definition) is 1. The Morgan fingerprint density at radius 3 is 2.36 bits per heavy atom. The van der Waals surface area contributed by atoms with Crippen LogP contribution < -0.4 is 10.5 Å². The van der Waals surface area contributed by atoms with Gasteiger partial charge in [-0.1, -0.05) is 40.2 Å². The average molecular weight is 414 g/mol. The summed E-state index contributed by atoms with van der Waals surface area (Å²) in [5.74, 6) is 0.0968. The molecule has 4 nitrogen and oxygen atoms in total. The van der Waals surface area contributed by atoms with Crippen molar-refractivity contribution in [1.29, 1.82) is 0 Å². The van der Waals surface area contributed by atoms with E-state index in [-0.39, 0.29) is 5.75 Å². The molecule has 1 heterocycles. The van der Waals surface area contributed by atoms with Crippen LogP contribution in [-0.2, 0) is 5.54 Å². The van der Waals surface area contributed by atoms with E-state index >= 15 is 0 Å². The van der Waals surface area contributed by atoms with Crippen molar-refractivity contribution >= 4 is 21.9 Å². The summed E-state index contributed by atoms with van der Waals surface area (Å²) in [6.07, 6.45) is -4.72. The van der Waals surface area contributed by atoms with E-state index in [1.165, 1.54) is 12.1 Å². The van der Waals surface area contributed by atoms with Gasteiger partial charge in [-0.3, -0.25) is 0 Å². The van der Waals surface area contributed by atoms with Crippen LogP contribution in [0.2, 0.25) is 0 Å². The summed E-state index contributed by atoms with van der Waals surface area (Å²) in [7, 11) is 1.82. The van der Waals surface area contributed by atoms with E-state index < -0.39 is 11.9 Å². The number of alkyl halides is 3. The summed E-state index contributed by atoms with van der Waals surface area (Å²) >= 11 is 3.44. The quantitative estimate of drug-likeness (QED) is 0.831. The van der Waals surface area contributed by atoms with Gasteiger partial charge in [0.1, 0.15) is 11.3 Å². The molecule has 25 heavy (non-hydrogen) atoms. The van der Waals surface area contributed by atoms with Gasteiger partial charge in [-0.2, -0.15) is 0 Å². The standard InChI is InChI=1S/C17H15BrF3N3O/c1-24-10-16(23-15(24)22,12-3-2-4-13(18)9-12)11-5-7-14(8-6-11)25-17(19,20)21/h2-9H,10H2,1H3,(H2,22,23). The van der Waals surface area contributed by atoms with Crippen LogP contribution in [0.3, 0.4) is 0 Å². The Labute approximate surface area is 151 Å². The van der Waals surface area contributed by atoms with Gasteiger partial charge in [0.05, 0.1) is 6.54 Å². The van der Waals surface area contributed by atoms with E-state index in [2.05, 4.69) is 25.7 Å². The molecular formula is C17H15BrF3N3O. The highest BCUT2D eigenvalue weighted by atomic mass is 79.9. The number of rotatable bonds is 3. The van der Waals surface area contributed by atoms with Gasteiger partial charge >= 0.3 is 6.36 Å². The highest BCUT2D eigenvalue weighted by Gasteiger charge is 2.41. The van der Waals surface area contributed by atoms with Gasteiger partial charge in [0.2, 0.25) is 0 Å². The van der Waals surface area contributed by atoms with Crippen molar-refractivity contribution in [3.05, 3.63) is 64.1 Å². The fourth-order valence-corrected chi connectivity index (χ4v) is 3.30. The van der Waals surface area contributed by atoms with Crippen molar-refractivity contribution in [2.45, 2.75) is 11.9 Å². The minimum atomic E-state index is -4.72. The van der Waals surface area contributed by atoms with Crippen molar-refractivity contribution in [3.63, 3.8) is 0 Å². The second-order valence-corrected chi connectivity index (χ2v) is 6.68. The Hall–Kier alpha value is -2.22. The summed E-state index contributed by atoms with van der Waals surface area (Å²) in [6, 6.07) is 13.3. The molecule has 0 saturated heterocycles. The van der Waals surface area contributed by atoms with Crippen LogP contribution in [0, 0.1) is 0 Å². The maximum absolute atomic E-state index is 12.4. The third kappa shape index (κ3) is 3.58. The smallest absolute Gasteiger partial charge is 0.406 e. The monoisotopic (exact) mass is 413 g/mol. The highest BCUT2D eigenvalue weighted by molar-refractivity contribution is 9.10. The minimum Gasteiger partial charge on any atom is -0.406 e. The zero-order valence-electron chi connectivity index (χ0n) is 13.2. The van der Waals surface area contributed by atoms with Crippen LogP contribution in [0.15, 0.2) is 58.0 Å². The van der Waals surface area contributed by atoms with Crippen molar-refractivity contribution in [2.24, 2.45) is 10.7 Å². The molecule has 1 unspecified atom stereocenters. The van der Waals surface area contributed by atoms with Gasteiger partial charge < -0.3 is 15.4 Å². The molecule has 0 fully saturated rings. The molecule has 2 aromatic rings. The molecule has 0 saturated carbocycles. The molecule has 1 aliphatic rings. The van der Waals surface area contributed by atoms with E-state index in [1.807, 2.05) is 31.3 Å². The summed E-state index contributed by atoms with van der Waals surface area (Å²) in [4.78, 5) is 6.43. The first-order valence-corrected chi connectivity index (χ1v) is 8.18. The fraction of sp³-hybridized carbons (Fsp3) is 0.235. The molecule has 1 aliphatic heterocycles. The molecule has 2 aromatic carbocycles. The number of likely N-dealkylation sites (N-methyl/N-ethyl adjacent to an activating group) is 1. The Balaban J connectivity index is 2.05. The average Bonchev–Trinajstić information content (AvgIpc) is 2.83. The van der Waals surface area contributed by atoms with Crippen LogP contribution in [0.25, 0.3) is 0 Å². The van der Waals surface area contributed by atoms with E-state index in [0.29, 0.717) is 12.5 Å². The second-order valence-electron chi connectivity index (χ2n) is 5.77. The zero-order chi connectivity index (χ0) is 18.2. The summed E-state index contributed by atoms with van der Waals surface area (Å²) in [6.45, 7) is 0.481. The number of hydrogen-bond acceptors (Lipinski definition) is 4. The molecule has 0 spiro atoms. The fourth-order valence-electron chi connectivity index (χ4n) is 2.90. The van der Waals surface area contributed by atoms with Crippen molar-refractivity contribution in [1.82, 2.24) is 4.90 Å². The summed E-state index contributed by atoms with van der Waals surface area (Å²) < 4.78 is 41.9. The number of halogens is 4. The minimum absolute atomic E-state index is 0.274. The van der Waals surface area contributed by atoms with E-state index in [4.69, 9.17) is 5.73 Å². The van der Waals surface area contributed by atoms with Crippen molar-refractivity contribution in [3.8, 4) is 5.75 Å². The molecule has 1 atom stereocenters. The normalized spacial score (nSPS) is 20.5. The largest absolute Gasteiger partial charge is 0.573 e. The van der Waals surface area contributed by atoms with Gasteiger partial charge in [0, 0.05) is 11.5 Å². The molecule has 0 radical (unpaired) electrons. The lowest BCUT2D eigenvalue weighted by atomic mass is 9.83. The molecule has 132 valence electrons. The maximum Gasteiger partial charge on any atom is 0.573 e. The second kappa shape index (κ2) is 6.25. The Morgan fingerprint density at radius 2 is 1.84 bits per heavy atom. The highest BCUT2D eigenvalue weighted by Crippen LogP contribution is 2.39. The topological polar surface area (TPSA) is 50.8 Å². The van der Waals surface area contributed by atoms with Gasteiger partial charge in [0.15, 0.2) is 5.96 Å². The van der Waals surface area contributed by atoms with Gasteiger partial charge in [0.25, 0.3) is 0 Å². The van der Waals surface area contributed by atoms with E-state index in [9.17, 15) is 13.2 Å². The van der Waals surface area contributed by atoms with Crippen LogP contribution in [0.5, 0.6) is 5.75 Å². The number of aliphatic imine (C=N–C) groups is 1. The first-order valence-electron chi connectivity index (χ1n) is 7.38. The van der Waals surface area contributed by atoms with Gasteiger partial charge in [-0.25, -0.2) is 4.99 Å². The lowest BCUT2D eigenvalue weighted by Gasteiger charge is -2.28. The SMILES string of the molecule is CN1CC(c2ccc(OC(F)(F)F)cc2)(c2cccc(Br)c2)N=C1N. The van der Waals surface area contributed by atoms with Crippen LogP contribution >= 0.6 is 15.9 Å². The van der Waals surface area contributed by atoms with Crippen LogP contribution in [0.1, 0.15) is 11.1 Å². The van der Waals surface area contributed by atoms with Crippen LogP contribution in [0.4, 0.5) is 13.2 Å². The lowest BCUT2D eigenvalue weighted by molar-refractivity contribution is -0.274. The first kappa shape index (κ1) is 17.6. The summed E-state index contributed by atoms with van der Waals surface area (Å²) in [5.41, 5.74) is 6.79. The molecule has 3 rings (SSSR count). The van der Waals surface area contributed by atoms with E-state index in [0.717, 1.165) is 15.6 Å². The number of nitrogens with zero attached hydrogens (tertiary/aromatic N) is 2. The molecule has 8 heteroatoms. The molecule has 2 N–H and O–H groups in total. The van der Waals surface area contributed by atoms with Crippen molar-refractivity contribution < 1.29 is 17.9 Å². The zero-order valence-corrected chi connectivity index (χ0v) is 14.8. The predicted octanol–water partition coefficient (Wildman–Crippen LogP) is 3.85. The number of benzene rings is 2. The number of ether oxygens (including phenoxy) is 1. The lowest BCUT2D eigenvalue weighted by Crippen LogP contribution is -2.34.